The van der Waals surface area contributed by atoms with Crippen LogP contribution in [0.5, 0.6) is 0 Å². The van der Waals surface area contributed by atoms with E-state index in [2.05, 4.69) is 5.32 Å². The monoisotopic (exact) mass is 431 g/mol. The second-order valence-electron chi connectivity index (χ2n) is 11.1. The molecule has 6 nitrogen and oxygen atoms in total. The van der Waals surface area contributed by atoms with E-state index in [0.29, 0.717) is 44.9 Å². The number of nitrogens with one attached hydrogen (secondary N) is 1. The fraction of sp³-hybridized carbons (Fsp3) is 0.920. The molecule has 2 N–H and O–H groups in total. The number of carbonyl (C=O) groups is 2. The Labute approximate surface area is 187 Å². The molecule has 5 rings (SSSR count). The van der Waals surface area contributed by atoms with E-state index >= 15 is 0 Å². The van der Waals surface area contributed by atoms with Crippen LogP contribution >= 0.6 is 0 Å². The number of rotatable bonds is 4. The molecule has 3 saturated carbocycles. The minimum Gasteiger partial charge on any atom is -0.380 e. The highest BCUT2D eigenvalue weighted by molar-refractivity contribution is 5.88. The van der Waals surface area contributed by atoms with Crippen molar-refractivity contribution in [1.82, 2.24) is 15.1 Å². The van der Waals surface area contributed by atoms with Crippen molar-refractivity contribution in [2.24, 2.45) is 23.7 Å². The summed E-state index contributed by atoms with van der Waals surface area (Å²) in [5.74, 6) is 2.99. The van der Waals surface area contributed by atoms with Gasteiger partial charge < -0.3 is 20.2 Å². The van der Waals surface area contributed by atoms with Crippen LogP contribution in [0.1, 0.15) is 77.0 Å². The summed E-state index contributed by atoms with van der Waals surface area (Å²) in [5.41, 5.74) is -1.09. The molecule has 1 unspecified atom stereocenters. The van der Waals surface area contributed by atoms with Gasteiger partial charge in [0.2, 0.25) is 5.91 Å². The molecule has 0 spiro atoms. The Morgan fingerprint density at radius 2 is 1.29 bits per heavy atom. The molecule has 174 valence electrons. The number of aliphatic hydroxyl groups is 1. The molecule has 0 aromatic heterocycles. The smallest absolute Gasteiger partial charge is 0.254 e. The van der Waals surface area contributed by atoms with Crippen LogP contribution in [0.4, 0.5) is 0 Å². The first-order valence-electron chi connectivity index (χ1n) is 13.1. The summed E-state index contributed by atoms with van der Waals surface area (Å²) >= 11 is 0. The molecule has 0 aromatic rings. The Morgan fingerprint density at radius 1 is 0.742 bits per heavy atom. The van der Waals surface area contributed by atoms with Gasteiger partial charge in [0.05, 0.1) is 0 Å². The lowest BCUT2D eigenvalue weighted by Crippen LogP contribution is -2.54. The van der Waals surface area contributed by atoms with Crippen LogP contribution in [0.15, 0.2) is 0 Å². The molecule has 3 aliphatic carbocycles. The number of amides is 2. The number of hydrogen-bond acceptors (Lipinski definition) is 4. The molecule has 0 bridgehead atoms. The number of piperazine rings is 1. The van der Waals surface area contributed by atoms with Crippen LogP contribution in [0.3, 0.4) is 0 Å². The van der Waals surface area contributed by atoms with E-state index in [1.54, 1.807) is 4.90 Å². The first-order valence-corrected chi connectivity index (χ1v) is 13.1. The van der Waals surface area contributed by atoms with Gasteiger partial charge in [0.25, 0.3) is 5.91 Å². The molecule has 2 saturated heterocycles. The maximum atomic E-state index is 13.1. The number of nitrogens with zero attached hydrogens (tertiary/aromatic N) is 2. The van der Waals surface area contributed by atoms with Crippen molar-refractivity contribution in [3.8, 4) is 0 Å². The standard InChI is InChI=1S/C25H41N3O3/c29-23(27-14-16-28(17-15-27)24(30)25(31)11-12-25)21-9-5-19(6-10-21)18-3-7-20(8-4-18)22-2-1-13-26-22/h18-22,26,31H,1-17H2. The minimum absolute atomic E-state index is 0.126. The summed E-state index contributed by atoms with van der Waals surface area (Å²) in [7, 11) is 0. The molecule has 5 aliphatic rings. The van der Waals surface area contributed by atoms with Gasteiger partial charge in [-0.25, -0.2) is 0 Å². The van der Waals surface area contributed by atoms with E-state index in [1.807, 2.05) is 4.90 Å². The van der Waals surface area contributed by atoms with Crippen LogP contribution in [0.25, 0.3) is 0 Å². The van der Waals surface area contributed by atoms with Crippen LogP contribution < -0.4 is 5.32 Å². The minimum atomic E-state index is -1.09. The van der Waals surface area contributed by atoms with Gasteiger partial charge in [-0.05, 0) is 101 Å². The molecule has 0 aromatic carbocycles. The molecule has 2 amide bonds. The van der Waals surface area contributed by atoms with E-state index in [4.69, 9.17) is 0 Å². The van der Waals surface area contributed by atoms with Crippen LogP contribution in [-0.4, -0.2) is 71.1 Å². The van der Waals surface area contributed by atoms with Crippen molar-refractivity contribution in [3.63, 3.8) is 0 Å². The van der Waals surface area contributed by atoms with Crippen molar-refractivity contribution in [2.75, 3.05) is 32.7 Å². The predicted molar refractivity (Wildman–Crippen MR) is 119 cm³/mol. The molecule has 6 heteroatoms. The van der Waals surface area contributed by atoms with Crippen molar-refractivity contribution in [3.05, 3.63) is 0 Å². The normalized spacial score (nSPS) is 38.2. The Balaban J connectivity index is 1.03. The molecular weight excluding hydrogens is 390 g/mol. The third kappa shape index (κ3) is 4.66. The van der Waals surface area contributed by atoms with E-state index in [0.717, 1.165) is 36.6 Å². The summed E-state index contributed by atoms with van der Waals surface area (Å²) in [5, 5.41) is 13.8. The van der Waals surface area contributed by atoms with Gasteiger partial charge in [-0.1, -0.05) is 0 Å². The molecule has 2 aliphatic heterocycles. The van der Waals surface area contributed by atoms with Gasteiger partial charge in [-0.2, -0.15) is 0 Å². The van der Waals surface area contributed by atoms with Crippen LogP contribution in [0, 0.1) is 23.7 Å². The highest BCUT2D eigenvalue weighted by atomic mass is 16.3. The van der Waals surface area contributed by atoms with Gasteiger partial charge >= 0.3 is 0 Å². The Kier molecular flexibility index (Phi) is 6.31. The SMILES string of the molecule is O=C(C1CCC(C2CCC(C3CCCN3)CC2)CC1)N1CCN(C(=O)C2(O)CC2)CC1. The van der Waals surface area contributed by atoms with Gasteiger partial charge in [-0.3, -0.25) is 9.59 Å². The largest absolute Gasteiger partial charge is 0.380 e. The summed E-state index contributed by atoms with van der Waals surface area (Å²) in [6.45, 7) is 3.61. The Hall–Kier alpha value is -1.14. The summed E-state index contributed by atoms with van der Waals surface area (Å²) in [4.78, 5) is 29.1. The average Bonchev–Trinajstić information content (AvgIpc) is 3.34. The number of hydrogen-bond donors (Lipinski definition) is 2. The zero-order valence-corrected chi connectivity index (χ0v) is 19.1. The maximum Gasteiger partial charge on any atom is 0.254 e. The lowest BCUT2D eigenvalue weighted by Gasteiger charge is -2.41. The first kappa shape index (κ1) is 21.7. The lowest BCUT2D eigenvalue weighted by molar-refractivity contribution is -0.148. The zero-order chi connectivity index (χ0) is 21.4. The summed E-state index contributed by atoms with van der Waals surface area (Å²) < 4.78 is 0. The zero-order valence-electron chi connectivity index (χ0n) is 19.1. The molecule has 2 heterocycles. The molecule has 1 atom stereocenters. The topological polar surface area (TPSA) is 72.9 Å². The van der Waals surface area contributed by atoms with Gasteiger partial charge in [0.15, 0.2) is 0 Å². The fourth-order valence-electron chi connectivity index (χ4n) is 6.98. The van der Waals surface area contributed by atoms with E-state index < -0.39 is 5.60 Å². The molecule has 31 heavy (non-hydrogen) atoms. The predicted octanol–water partition coefficient (Wildman–Crippen LogP) is 2.55. The van der Waals surface area contributed by atoms with Crippen molar-refractivity contribution < 1.29 is 14.7 Å². The van der Waals surface area contributed by atoms with Gasteiger partial charge in [0.1, 0.15) is 5.60 Å². The fourth-order valence-corrected chi connectivity index (χ4v) is 6.98. The van der Waals surface area contributed by atoms with Crippen molar-refractivity contribution in [1.29, 1.82) is 0 Å². The van der Waals surface area contributed by atoms with E-state index in [9.17, 15) is 14.7 Å². The van der Waals surface area contributed by atoms with Crippen LogP contribution in [-0.2, 0) is 9.59 Å². The molecule has 5 fully saturated rings. The Bertz CT molecular complexity index is 649. The van der Waals surface area contributed by atoms with Crippen LogP contribution in [0.2, 0.25) is 0 Å². The maximum absolute atomic E-state index is 13.1. The second kappa shape index (κ2) is 9.01. The highest BCUT2D eigenvalue weighted by Crippen LogP contribution is 2.43. The highest BCUT2D eigenvalue weighted by Gasteiger charge is 2.50. The van der Waals surface area contributed by atoms with Crippen molar-refractivity contribution in [2.45, 2.75) is 88.7 Å². The second-order valence-corrected chi connectivity index (χ2v) is 11.1. The van der Waals surface area contributed by atoms with Crippen molar-refractivity contribution >= 4 is 11.8 Å². The summed E-state index contributed by atoms with van der Waals surface area (Å²) in [6.07, 6.45) is 14.1. The average molecular weight is 432 g/mol. The quantitative estimate of drug-likeness (QED) is 0.718. The third-order valence-corrected chi connectivity index (χ3v) is 9.27. The molecular formula is C25H41N3O3. The van der Waals surface area contributed by atoms with E-state index in [1.165, 1.54) is 57.9 Å². The lowest BCUT2D eigenvalue weighted by atomic mass is 9.68. The Morgan fingerprint density at radius 3 is 1.84 bits per heavy atom. The summed E-state index contributed by atoms with van der Waals surface area (Å²) in [6, 6.07) is 0.789. The first-order chi connectivity index (χ1) is 15.0. The van der Waals surface area contributed by atoms with Gasteiger partial charge in [0, 0.05) is 38.1 Å². The third-order valence-electron chi connectivity index (χ3n) is 9.27. The van der Waals surface area contributed by atoms with E-state index in [-0.39, 0.29) is 11.8 Å². The number of carbonyl (C=O) groups excluding carboxylic acids is 2. The van der Waals surface area contributed by atoms with Gasteiger partial charge in [-0.15, -0.1) is 0 Å². The molecule has 0 radical (unpaired) electrons.